The Labute approximate surface area is 245 Å². The average Bonchev–Trinajstić information content (AvgIpc) is 3.38. The van der Waals surface area contributed by atoms with E-state index in [2.05, 4.69) is 36.6 Å². The van der Waals surface area contributed by atoms with Gasteiger partial charge in [-0.05, 0) is 66.3 Å². The summed E-state index contributed by atoms with van der Waals surface area (Å²) in [5, 5.41) is 6.74. The summed E-state index contributed by atoms with van der Waals surface area (Å²) < 4.78 is 19.9. The zero-order chi connectivity index (χ0) is 29.9. The molecular weight excluding hydrogens is 527 g/mol. The summed E-state index contributed by atoms with van der Waals surface area (Å²) in [6.07, 6.45) is 1.15. The molecule has 6 heteroatoms. The van der Waals surface area contributed by atoms with Gasteiger partial charge in [-0.2, -0.15) is 0 Å². The van der Waals surface area contributed by atoms with E-state index in [1.807, 2.05) is 61.5 Å². The minimum absolute atomic E-state index is 0.0832. The van der Waals surface area contributed by atoms with Gasteiger partial charge in [0.2, 0.25) is 0 Å². The number of carbonyl (C=O) groups excluding carboxylic acids is 2. The second-order valence-corrected chi connectivity index (χ2v) is 11.1. The van der Waals surface area contributed by atoms with Gasteiger partial charge in [0.1, 0.15) is 17.2 Å². The third-order valence-electron chi connectivity index (χ3n) is 7.78. The summed E-state index contributed by atoms with van der Waals surface area (Å²) in [6, 6.07) is 27.6. The second kappa shape index (κ2) is 12.0. The van der Waals surface area contributed by atoms with Gasteiger partial charge in [0, 0.05) is 53.8 Å². The van der Waals surface area contributed by atoms with Crippen LogP contribution in [-0.2, 0) is 5.41 Å². The van der Waals surface area contributed by atoms with Crippen LogP contribution in [0.15, 0.2) is 95.4 Å². The van der Waals surface area contributed by atoms with E-state index in [0.717, 1.165) is 23.2 Å². The van der Waals surface area contributed by atoms with Gasteiger partial charge in [-0.1, -0.05) is 62.4 Å². The third-order valence-corrected chi connectivity index (χ3v) is 7.78. The normalized spacial score (nSPS) is 11.5. The van der Waals surface area contributed by atoms with Crippen molar-refractivity contribution < 1.29 is 18.4 Å². The number of fused-ring (bicyclic) bond motifs is 1. The number of hydrogen-bond acceptors (Lipinski definition) is 4. The number of furan rings is 1. The minimum atomic E-state index is -0.369. The quantitative estimate of drug-likeness (QED) is 0.167. The highest BCUT2D eigenvalue weighted by Crippen LogP contribution is 2.40. The van der Waals surface area contributed by atoms with Crippen molar-refractivity contribution in [3.8, 4) is 22.5 Å². The van der Waals surface area contributed by atoms with E-state index in [9.17, 15) is 14.0 Å². The molecule has 5 aromatic rings. The molecule has 0 aliphatic heterocycles. The average molecular weight is 563 g/mol. The zero-order valence-corrected chi connectivity index (χ0v) is 24.4. The maximum atomic E-state index is 13.6. The van der Waals surface area contributed by atoms with E-state index in [0.29, 0.717) is 46.4 Å². The molecule has 0 saturated carbocycles. The van der Waals surface area contributed by atoms with Crippen LogP contribution >= 0.6 is 0 Å². The van der Waals surface area contributed by atoms with E-state index in [1.54, 1.807) is 19.2 Å². The van der Waals surface area contributed by atoms with Crippen molar-refractivity contribution in [2.24, 2.45) is 0 Å². The van der Waals surface area contributed by atoms with Gasteiger partial charge >= 0.3 is 0 Å². The van der Waals surface area contributed by atoms with Crippen LogP contribution in [0, 0.1) is 5.82 Å². The van der Waals surface area contributed by atoms with Crippen LogP contribution in [0.2, 0.25) is 0 Å². The Bertz CT molecular complexity index is 1740. The Morgan fingerprint density at radius 2 is 1.62 bits per heavy atom. The fraction of sp³-hybridized carbons (Fsp3) is 0.222. The highest BCUT2D eigenvalue weighted by atomic mass is 19.1. The Balaban J connectivity index is 1.54. The molecule has 214 valence electrons. The largest absolute Gasteiger partial charge is 0.455 e. The molecule has 42 heavy (non-hydrogen) atoms. The lowest BCUT2D eigenvalue weighted by atomic mass is 9.79. The molecule has 0 bridgehead atoms. The smallest absolute Gasteiger partial charge is 0.255 e. The van der Waals surface area contributed by atoms with E-state index in [4.69, 9.17) is 4.42 Å². The summed E-state index contributed by atoms with van der Waals surface area (Å²) in [7, 11) is 1.57. The maximum Gasteiger partial charge on any atom is 0.255 e. The third kappa shape index (κ3) is 5.84. The first-order valence-electron chi connectivity index (χ1n) is 14.2. The number of amides is 1. The molecule has 0 unspecified atom stereocenters. The first-order valence-corrected chi connectivity index (χ1v) is 14.2. The molecule has 5 nitrogen and oxygen atoms in total. The van der Waals surface area contributed by atoms with E-state index in [1.165, 1.54) is 17.7 Å². The van der Waals surface area contributed by atoms with Gasteiger partial charge in [0.05, 0.1) is 5.56 Å². The van der Waals surface area contributed by atoms with Crippen LogP contribution in [0.3, 0.4) is 0 Å². The number of Topliss-reactive ketones (excluding diaryl/α,β-unsaturated/α-hetero) is 1. The number of benzene rings is 4. The molecule has 1 amide bonds. The summed E-state index contributed by atoms with van der Waals surface area (Å²) in [5.74, 6) is -0.222. The number of rotatable bonds is 10. The van der Waals surface area contributed by atoms with Gasteiger partial charge in [-0.25, -0.2) is 4.39 Å². The highest BCUT2D eigenvalue weighted by Gasteiger charge is 2.25. The predicted octanol–water partition coefficient (Wildman–Crippen LogP) is 8.64. The van der Waals surface area contributed by atoms with Crippen molar-refractivity contribution in [2.75, 3.05) is 18.9 Å². The van der Waals surface area contributed by atoms with Gasteiger partial charge in [-0.3, -0.25) is 9.59 Å². The summed E-state index contributed by atoms with van der Waals surface area (Å²) in [6.45, 7) is 7.00. The molecular formula is C36H35FN2O3. The molecule has 4 aromatic carbocycles. The lowest BCUT2D eigenvalue weighted by Gasteiger charge is -2.25. The summed E-state index contributed by atoms with van der Waals surface area (Å²) in [4.78, 5) is 26.5. The Morgan fingerprint density at radius 3 is 2.31 bits per heavy atom. The van der Waals surface area contributed by atoms with Crippen LogP contribution in [-0.4, -0.2) is 25.3 Å². The Hall–Kier alpha value is -4.71. The van der Waals surface area contributed by atoms with Gasteiger partial charge < -0.3 is 15.1 Å². The van der Waals surface area contributed by atoms with Crippen molar-refractivity contribution in [3.05, 3.63) is 114 Å². The molecule has 1 aromatic heterocycles. The number of anilines is 1. The first kappa shape index (κ1) is 28.8. The molecule has 0 radical (unpaired) electrons. The van der Waals surface area contributed by atoms with E-state index in [-0.39, 0.29) is 22.9 Å². The van der Waals surface area contributed by atoms with Crippen molar-refractivity contribution >= 4 is 28.3 Å². The molecule has 0 aliphatic rings. The summed E-state index contributed by atoms with van der Waals surface area (Å²) >= 11 is 0. The topological polar surface area (TPSA) is 71.3 Å². The predicted molar refractivity (Wildman–Crippen MR) is 168 cm³/mol. The molecule has 0 spiro atoms. The Kier molecular flexibility index (Phi) is 8.25. The number of ketones is 1. The SMILES string of the molecule is CCNc1cc2oc(-c3ccc(F)cc3)c(C(=O)NC)c2cc1-c1cccc(C(=O)CCC(C)(C)c2ccccc2)c1. The monoisotopic (exact) mass is 562 g/mol. The van der Waals surface area contributed by atoms with Crippen molar-refractivity contribution in [2.45, 2.75) is 39.0 Å². The molecule has 1 heterocycles. The first-order chi connectivity index (χ1) is 20.2. The fourth-order valence-electron chi connectivity index (χ4n) is 5.34. The number of carbonyl (C=O) groups is 2. The summed E-state index contributed by atoms with van der Waals surface area (Å²) in [5.41, 5.74) is 5.76. The van der Waals surface area contributed by atoms with E-state index >= 15 is 0 Å². The second-order valence-electron chi connectivity index (χ2n) is 11.1. The van der Waals surface area contributed by atoms with Gasteiger partial charge in [0.15, 0.2) is 5.78 Å². The standard InChI is InChI=1S/C36H35FN2O3/c1-5-39-30-22-32-29(33(35(41)38-4)34(42-32)23-14-16-27(37)17-15-23)21-28(30)24-10-9-11-25(20-24)31(40)18-19-36(2,3)26-12-7-6-8-13-26/h6-17,20-22,39H,5,18-19H2,1-4H3,(H,38,41). The number of halogens is 1. The van der Waals surface area contributed by atoms with Crippen molar-refractivity contribution in [3.63, 3.8) is 0 Å². The number of hydrogen-bond donors (Lipinski definition) is 2. The molecule has 0 saturated heterocycles. The zero-order valence-electron chi connectivity index (χ0n) is 24.4. The van der Waals surface area contributed by atoms with Gasteiger partial charge in [0.25, 0.3) is 5.91 Å². The molecule has 0 aliphatic carbocycles. The van der Waals surface area contributed by atoms with Crippen LogP contribution in [0.1, 0.15) is 59.9 Å². The molecule has 5 rings (SSSR count). The lowest BCUT2D eigenvalue weighted by Crippen LogP contribution is -2.18. The molecule has 2 N–H and O–H groups in total. The van der Waals surface area contributed by atoms with Crippen LogP contribution < -0.4 is 10.6 Å². The Morgan fingerprint density at radius 1 is 0.881 bits per heavy atom. The van der Waals surface area contributed by atoms with Crippen molar-refractivity contribution in [1.82, 2.24) is 5.32 Å². The lowest BCUT2D eigenvalue weighted by molar-refractivity contribution is 0.0959. The molecule has 0 atom stereocenters. The van der Waals surface area contributed by atoms with Crippen LogP contribution in [0.5, 0.6) is 0 Å². The van der Waals surface area contributed by atoms with Crippen molar-refractivity contribution in [1.29, 1.82) is 0 Å². The number of nitrogens with one attached hydrogen (secondary N) is 2. The highest BCUT2D eigenvalue weighted by molar-refractivity contribution is 6.13. The molecule has 0 fully saturated rings. The van der Waals surface area contributed by atoms with Crippen LogP contribution in [0.4, 0.5) is 10.1 Å². The maximum absolute atomic E-state index is 13.6. The van der Waals surface area contributed by atoms with E-state index < -0.39 is 0 Å². The minimum Gasteiger partial charge on any atom is -0.455 e. The van der Waals surface area contributed by atoms with Crippen LogP contribution in [0.25, 0.3) is 33.4 Å². The fourth-order valence-corrected chi connectivity index (χ4v) is 5.34. The van der Waals surface area contributed by atoms with Gasteiger partial charge in [-0.15, -0.1) is 0 Å².